The van der Waals surface area contributed by atoms with Crippen LogP contribution < -0.4 is 15.6 Å². The molecule has 0 amide bonds. The second kappa shape index (κ2) is 6.12. The molecule has 0 saturated heterocycles. The summed E-state index contributed by atoms with van der Waals surface area (Å²) in [6.07, 6.45) is 1.47. The largest absolute Gasteiger partial charge is 0.497 e. The zero-order valence-corrected chi connectivity index (χ0v) is 13.3. The summed E-state index contributed by atoms with van der Waals surface area (Å²) in [5.41, 5.74) is 1.34. The first kappa shape index (κ1) is 15.1. The van der Waals surface area contributed by atoms with Crippen molar-refractivity contribution in [2.75, 3.05) is 12.4 Å². The van der Waals surface area contributed by atoms with Crippen LogP contribution in [0.2, 0.25) is 0 Å². The van der Waals surface area contributed by atoms with Gasteiger partial charge in [-0.1, -0.05) is 26.0 Å². The number of aromatic nitrogens is 4. The highest BCUT2D eigenvalue weighted by atomic mass is 16.5. The minimum absolute atomic E-state index is 0.00410. The van der Waals surface area contributed by atoms with Crippen molar-refractivity contribution >= 4 is 17.0 Å². The Kier molecular flexibility index (Phi) is 4.01. The second-order valence-electron chi connectivity index (χ2n) is 5.69. The molecule has 0 radical (unpaired) electrons. The number of nitrogens with one attached hydrogen (secondary N) is 3. The van der Waals surface area contributed by atoms with Gasteiger partial charge < -0.3 is 10.1 Å². The number of methoxy groups -OCH3 is 1. The number of ether oxygens (including phenoxy) is 1. The fourth-order valence-electron chi connectivity index (χ4n) is 2.51. The maximum absolute atomic E-state index is 12.0. The third kappa shape index (κ3) is 3.03. The summed E-state index contributed by atoms with van der Waals surface area (Å²) in [5, 5.41) is 10.3. The van der Waals surface area contributed by atoms with Crippen LogP contribution in [0.25, 0.3) is 11.0 Å². The van der Waals surface area contributed by atoms with Crippen molar-refractivity contribution in [3.63, 3.8) is 0 Å². The van der Waals surface area contributed by atoms with Crippen LogP contribution in [0.3, 0.4) is 0 Å². The van der Waals surface area contributed by atoms with Gasteiger partial charge in [0.15, 0.2) is 5.65 Å². The van der Waals surface area contributed by atoms with Crippen LogP contribution in [0.5, 0.6) is 5.75 Å². The van der Waals surface area contributed by atoms with Gasteiger partial charge in [0.25, 0.3) is 5.56 Å². The fourth-order valence-corrected chi connectivity index (χ4v) is 2.51. The average Bonchev–Trinajstić information content (AvgIpc) is 3.01. The molecule has 7 nitrogen and oxygen atoms in total. The normalized spacial score (nSPS) is 12.5. The minimum Gasteiger partial charge on any atom is -0.497 e. The first-order valence-electron chi connectivity index (χ1n) is 7.42. The zero-order chi connectivity index (χ0) is 16.4. The van der Waals surface area contributed by atoms with Gasteiger partial charge in [0.05, 0.1) is 19.3 Å². The van der Waals surface area contributed by atoms with Gasteiger partial charge in [-0.05, 0) is 23.6 Å². The number of rotatable bonds is 5. The Morgan fingerprint density at radius 2 is 1.96 bits per heavy atom. The molecule has 0 bridgehead atoms. The molecule has 3 rings (SSSR count). The predicted octanol–water partition coefficient (Wildman–Crippen LogP) is 2.46. The molecule has 1 atom stereocenters. The van der Waals surface area contributed by atoms with Gasteiger partial charge in [0, 0.05) is 0 Å². The first-order chi connectivity index (χ1) is 11.1. The number of benzene rings is 1. The Bertz CT molecular complexity index is 851. The van der Waals surface area contributed by atoms with E-state index in [0.717, 1.165) is 11.3 Å². The molecule has 3 N–H and O–H groups in total. The van der Waals surface area contributed by atoms with E-state index in [4.69, 9.17) is 4.74 Å². The summed E-state index contributed by atoms with van der Waals surface area (Å²) in [6.45, 7) is 4.21. The van der Waals surface area contributed by atoms with E-state index in [1.807, 2.05) is 24.3 Å². The van der Waals surface area contributed by atoms with Crippen molar-refractivity contribution < 1.29 is 4.74 Å². The Labute approximate surface area is 133 Å². The predicted molar refractivity (Wildman–Crippen MR) is 88.7 cm³/mol. The van der Waals surface area contributed by atoms with Gasteiger partial charge in [-0.15, -0.1) is 0 Å². The highest BCUT2D eigenvalue weighted by molar-refractivity contribution is 5.73. The summed E-state index contributed by atoms with van der Waals surface area (Å²) in [6, 6.07) is 7.85. The molecule has 0 saturated carbocycles. The maximum atomic E-state index is 12.0. The number of H-pyrrole nitrogens is 2. The van der Waals surface area contributed by atoms with E-state index in [1.54, 1.807) is 7.11 Å². The van der Waals surface area contributed by atoms with Crippen LogP contribution in [-0.2, 0) is 0 Å². The number of aromatic amines is 2. The Hall–Kier alpha value is -2.83. The third-order valence-electron chi connectivity index (χ3n) is 3.75. The quantitative estimate of drug-likeness (QED) is 0.672. The molecule has 23 heavy (non-hydrogen) atoms. The van der Waals surface area contributed by atoms with Gasteiger partial charge in [-0.2, -0.15) is 10.1 Å². The fraction of sp³-hybridized carbons (Fsp3) is 0.312. The van der Waals surface area contributed by atoms with Gasteiger partial charge >= 0.3 is 0 Å². The summed E-state index contributed by atoms with van der Waals surface area (Å²) < 4.78 is 5.19. The van der Waals surface area contributed by atoms with E-state index in [2.05, 4.69) is 39.3 Å². The van der Waals surface area contributed by atoms with Crippen molar-refractivity contribution in [1.82, 2.24) is 20.2 Å². The molecule has 0 aliphatic carbocycles. The molecular formula is C16H19N5O2. The van der Waals surface area contributed by atoms with Gasteiger partial charge in [0.1, 0.15) is 11.1 Å². The summed E-state index contributed by atoms with van der Waals surface area (Å²) >= 11 is 0. The van der Waals surface area contributed by atoms with Crippen molar-refractivity contribution in [1.29, 1.82) is 0 Å². The van der Waals surface area contributed by atoms with E-state index in [9.17, 15) is 4.79 Å². The van der Waals surface area contributed by atoms with Crippen LogP contribution in [0, 0.1) is 5.92 Å². The first-order valence-corrected chi connectivity index (χ1v) is 7.42. The van der Waals surface area contributed by atoms with Crippen LogP contribution in [-0.4, -0.2) is 27.3 Å². The number of fused-ring (bicyclic) bond motifs is 1. The van der Waals surface area contributed by atoms with E-state index in [1.165, 1.54) is 6.20 Å². The molecule has 0 aliphatic rings. The SMILES string of the molecule is COc1ccc([C@@H](Nc2nc3[nH]ncc3c(=O)[nH]2)C(C)C)cc1. The molecule has 0 spiro atoms. The van der Waals surface area contributed by atoms with Crippen LogP contribution >= 0.6 is 0 Å². The van der Waals surface area contributed by atoms with E-state index < -0.39 is 0 Å². The Balaban J connectivity index is 1.92. The standard InChI is InChI=1S/C16H19N5O2/c1-9(2)13(10-4-6-11(23-3)7-5-10)18-16-19-14-12(8-17-21-14)15(22)20-16/h4-9,13H,1-3H3,(H3,17,18,19,20,21,22)/t13-/m0/s1. The highest BCUT2D eigenvalue weighted by Crippen LogP contribution is 2.26. The van der Waals surface area contributed by atoms with Gasteiger partial charge in [0.2, 0.25) is 5.95 Å². The van der Waals surface area contributed by atoms with E-state index >= 15 is 0 Å². The lowest BCUT2D eigenvalue weighted by Crippen LogP contribution is -2.20. The number of anilines is 1. The molecule has 0 unspecified atom stereocenters. The molecule has 7 heteroatoms. The van der Waals surface area contributed by atoms with Crippen molar-refractivity contribution in [2.24, 2.45) is 5.92 Å². The summed E-state index contributed by atoms with van der Waals surface area (Å²) in [7, 11) is 1.64. The van der Waals surface area contributed by atoms with E-state index in [0.29, 0.717) is 22.9 Å². The smallest absolute Gasteiger partial charge is 0.263 e. The monoisotopic (exact) mass is 313 g/mol. The Morgan fingerprint density at radius 1 is 1.22 bits per heavy atom. The second-order valence-corrected chi connectivity index (χ2v) is 5.69. The molecule has 2 aromatic heterocycles. The highest BCUT2D eigenvalue weighted by Gasteiger charge is 2.17. The van der Waals surface area contributed by atoms with Crippen LogP contribution in [0.4, 0.5) is 5.95 Å². The lowest BCUT2D eigenvalue weighted by atomic mass is 9.96. The minimum atomic E-state index is -0.219. The van der Waals surface area contributed by atoms with Crippen molar-refractivity contribution in [3.05, 3.63) is 46.4 Å². The van der Waals surface area contributed by atoms with Crippen molar-refractivity contribution in [3.8, 4) is 5.75 Å². The van der Waals surface area contributed by atoms with Crippen LogP contribution in [0.1, 0.15) is 25.5 Å². The summed E-state index contributed by atoms with van der Waals surface area (Å²) in [4.78, 5) is 19.1. The Morgan fingerprint density at radius 3 is 2.61 bits per heavy atom. The molecule has 1 aromatic carbocycles. The molecule has 3 aromatic rings. The van der Waals surface area contributed by atoms with Gasteiger partial charge in [-0.3, -0.25) is 14.9 Å². The molecular weight excluding hydrogens is 294 g/mol. The molecule has 0 aliphatic heterocycles. The lowest BCUT2D eigenvalue weighted by Gasteiger charge is -2.23. The van der Waals surface area contributed by atoms with Crippen molar-refractivity contribution in [2.45, 2.75) is 19.9 Å². The number of hydrogen-bond acceptors (Lipinski definition) is 5. The van der Waals surface area contributed by atoms with E-state index in [-0.39, 0.29) is 11.6 Å². The molecule has 120 valence electrons. The number of nitrogens with zero attached hydrogens (tertiary/aromatic N) is 2. The summed E-state index contributed by atoms with van der Waals surface area (Å²) in [5.74, 6) is 1.52. The van der Waals surface area contributed by atoms with Gasteiger partial charge in [-0.25, -0.2) is 0 Å². The third-order valence-corrected chi connectivity index (χ3v) is 3.75. The molecule has 2 heterocycles. The number of hydrogen-bond donors (Lipinski definition) is 3. The lowest BCUT2D eigenvalue weighted by molar-refractivity contribution is 0.414. The molecule has 0 fully saturated rings. The average molecular weight is 313 g/mol. The maximum Gasteiger partial charge on any atom is 0.263 e. The zero-order valence-electron chi connectivity index (χ0n) is 13.3. The topological polar surface area (TPSA) is 95.7 Å². The van der Waals surface area contributed by atoms with Crippen LogP contribution in [0.15, 0.2) is 35.3 Å².